The average molecular weight is 292 g/mol. The minimum absolute atomic E-state index is 0.285. The maximum atomic E-state index is 9.03. The zero-order chi connectivity index (χ0) is 13.9. The van der Waals surface area contributed by atoms with Crippen molar-refractivity contribution >= 4 is 28.3 Å². The Morgan fingerprint density at radius 3 is 2.90 bits per heavy atom. The van der Waals surface area contributed by atoms with Gasteiger partial charge in [-0.2, -0.15) is 0 Å². The Kier molecular flexibility index (Phi) is 4.03. The van der Waals surface area contributed by atoms with E-state index in [2.05, 4.69) is 14.9 Å². The fraction of sp³-hybridized carbons (Fsp3) is 0.467. The molecule has 0 amide bonds. The summed E-state index contributed by atoms with van der Waals surface area (Å²) in [5.41, 5.74) is 0.889. The van der Waals surface area contributed by atoms with Crippen molar-refractivity contribution in [2.75, 3.05) is 24.6 Å². The van der Waals surface area contributed by atoms with E-state index in [-0.39, 0.29) is 6.61 Å². The lowest BCUT2D eigenvalue weighted by atomic mass is 9.94. The summed E-state index contributed by atoms with van der Waals surface area (Å²) in [5.74, 6) is 1.56. The first kappa shape index (κ1) is 13.6. The van der Waals surface area contributed by atoms with Gasteiger partial charge in [0.15, 0.2) is 0 Å². The van der Waals surface area contributed by atoms with Crippen LogP contribution < -0.4 is 4.90 Å². The van der Waals surface area contributed by atoms with E-state index >= 15 is 0 Å². The summed E-state index contributed by atoms with van der Waals surface area (Å²) in [6.45, 7) is 2.21. The van der Waals surface area contributed by atoms with Gasteiger partial charge in [0.25, 0.3) is 0 Å². The lowest BCUT2D eigenvalue weighted by Gasteiger charge is -2.33. The van der Waals surface area contributed by atoms with Crippen LogP contribution in [-0.2, 0) is 0 Å². The molecule has 0 saturated carbocycles. The van der Waals surface area contributed by atoms with Gasteiger partial charge >= 0.3 is 0 Å². The number of rotatable bonds is 3. The van der Waals surface area contributed by atoms with E-state index in [0.717, 1.165) is 49.1 Å². The largest absolute Gasteiger partial charge is 0.396 e. The molecule has 0 spiro atoms. The van der Waals surface area contributed by atoms with E-state index in [0.29, 0.717) is 11.1 Å². The van der Waals surface area contributed by atoms with Crippen molar-refractivity contribution in [2.45, 2.75) is 19.3 Å². The molecule has 3 heterocycles. The number of pyridine rings is 2. The third-order valence-corrected chi connectivity index (χ3v) is 4.19. The van der Waals surface area contributed by atoms with E-state index < -0.39 is 0 Å². The molecular formula is C15H18ClN3O. The van der Waals surface area contributed by atoms with Crippen LogP contribution in [0.4, 0.5) is 5.82 Å². The van der Waals surface area contributed by atoms with Gasteiger partial charge in [0.05, 0.1) is 5.52 Å². The highest BCUT2D eigenvalue weighted by Gasteiger charge is 2.21. The van der Waals surface area contributed by atoms with E-state index in [1.54, 1.807) is 12.3 Å². The highest BCUT2D eigenvalue weighted by molar-refractivity contribution is 6.30. The number of aromatic nitrogens is 2. The number of aliphatic hydroxyl groups is 1. The Bertz CT molecular complexity index is 597. The van der Waals surface area contributed by atoms with E-state index in [1.165, 1.54) is 0 Å². The summed E-state index contributed by atoms with van der Waals surface area (Å²) >= 11 is 6.11. The van der Waals surface area contributed by atoms with Crippen molar-refractivity contribution in [3.05, 3.63) is 29.5 Å². The average Bonchev–Trinajstić information content (AvgIpc) is 2.47. The maximum Gasteiger partial charge on any atom is 0.139 e. The standard InChI is InChI=1S/C15H18ClN3O/c16-14-10-13-12(2-1-6-17-13)15(18-14)19-7-3-11(4-8-19)5-9-20/h1-2,6,10-11,20H,3-5,7-9H2. The third kappa shape index (κ3) is 2.72. The van der Waals surface area contributed by atoms with Crippen LogP contribution in [0.2, 0.25) is 5.15 Å². The van der Waals surface area contributed by atoms with Crippen LogP contribution in [0, 0.1) is 5.92 Å². The molecule has 2 aromatic heterocycles. The summed E-state index contributed by atoms with van der Waals surface area (Å²) in [6.07, 6.45) is 4.86. The molecule has 3 rings (SSSR count). The zero-order valence-electron chi connectivity index (χ0n) is 11.3. The predicted octanol–water partition coefficient (Wildman–Crippen LogP) is 2.88. The molecular weight excluding hydrogens is 274 g/mol. The maximum absolute atomic E-state index is 9.03. The van der Waals surface area contributed by atoms with Crippen LogP contribution in [0.25, 0.3) is 10.9 Å². The van der Waals surface area contributed by atoms with E-state index in [9.17, 15) is 0 Å². The molecule has 1 aliphatic rings. The number of aliphatic hydroxyl groups excluding tert-OH is 1. The van der Waals surface area contributed by atoms with Crippen molar-refractivity contribution in [3.8, 4) is 0 Å². The molecule has 1 saturated heterocycles. The van der Waals surface area contributed by atoms with Crippen molar-refractivity contribution in [3.63, 3.8) is 0 Å². The van der Waals surface area contributed by atoms with Crippen LogP contribution in [0.5, 0.6) is 0 Å². The molecule has 20 heavy (non-hydrogen) atoms. The normalized spacial score (nSPS) is 16.8. The first-order valence-corrected chi connectivity index (χ1v) is 7.43. The monoisotopic (exact) mass is 291 g/mol. The number of halogens is 1. The van der Waals surface area contributed by atoms with Gasteiger partial charge in [-0.05, 0) is 37.3 Å². The molecule has 1 fully saturated rings. The second kappa shape index (κ2) is 5.94. The summed E-state index contributed by atoms with van der Waals surface area (Å²) in [5, 5.41) is 10.6. The molecule has 0 radical (unpaired) electrons. The highest BCUT2D eigenvalue weighted by atomic mass is 35.5. The lowest BCUT2D eigenvalue weighted by molar-refractivity contribution is 0.240. The third-order valence-electron chi connectivity index (χ3n) is 4.00. The Labute approximate surface area is 123 Å². The molecule has 0 aromatic carbocycles. The van der Waals surface area contributed by atoms with Gasteiger partial charge in [0.1, 0.15) is 11.0 Å². The van der Waals surface area contributed by atoms with Gasteiger partial charge in [0.2, 0.25) is 0 Å². The quantitative estimate of drug-likeness (QED) is 0.884. The van der Waals surface area contributed by atoms with E-state index in [1.807, 2.05) is 12.1 Å². The number of piperidine rings is 1. The van der Waals surface area contributed by atoms with Gasteiger partial charge < -0.3 is 10.0 Å². The fourth-order valence-electron chi connectivity index (χ4n) is 2.89. The Hall–Kier alpha value is -1.39. The molecule has 0 bridgehead atoms. The molecule has 1 N–H and O–H groups in total. The van der Waals surface area contributed by atoms with Gasteiger partial charge in [0, 0.05) is 37.3 Å². The Balaban J connectivity index is 1.87. The second-order valence-corrected chi connectivity index (χ2v) is 5.67. The molecule has 4 nitrogen and oxygen atoms in total. The number of fused-ring (bicyclic) bond motifs is 1. The molecule has 0 aliphatic carbocycles. The molecule has 0 unspecified atom stereocenters. The number of anilines is 1. The topological polar surface area (TPSA) is 49.2 Å². The first-order valence-electron chi connectivity index (χ1n) is 7.05. The Morgan fingerprint density at radius 1 is 1.35 bits per heavy atom. The number of hydrogen-bond acceptors (Lipinski definition) is 4. The van der Waals surface area contributed by atoms with Gasteiger partial charge in [-0.25, -0.2) is 4.98 Å². The fourth-order valence-corrected chi connectivity index (χ4v) is 3.07. The van der Waals surface area contributed by atoms with Gasteiger partial charge in [-0.1, -0.05) is 11.6 Å². The smallest absolute Gasteiger partial charge is 0.139 e. The lowest BCUT2D eigenvalue weighted by Crippen LogP contribution is -2.34. The molecule has 5 heteroatoms. The van der Waals surface area contributed by atoms with Gasteiger partial charge in [-0.3, -0.25) is 4.98 Å². The summed E-state index contributed by atoms with van der Waals surface area (Å²) in [7, 11) is 0. The molecule has 2 aromatic rings. The first-order chi connectivity index (χ1) is 9.78. The summed E-state index contributed by atoms with van der Waals surface area (Å²) < 4.78 is 0. The summed E-state index contributed by atoms with van der Waals surface area (Å²) in [6, 6.07) is 5.78. The van der Waals surface area contributed by atoms with Crippen molar-refractivity contribution in [2.24, 2.45) is 5.92 Å². The van der Waals surface area contributed by atoms with Crippen LogP contribution in [-0.4, -0.2) is 34.8 Å². The zero-order valence-corrected chi connectivity index (χ0v) is 12.1. The minimum atomic E-state index is 0.285. The van der Waals surface area contributed by atoms with Crippen LogP contribution >= 0.6 is 11.6 Å². The highest BCUT2D eigenvalue weighted by Crippen LogP contribution is 2.30. The van der Waals surface area contributed by atoms with Crippen molar-refractivity contribution < 1.29 is 5.11 Å². The predicted molar refractivity (Wildman–Crippen MR) is 81.2 cm³/mol. The van der Waals surface area contributed by atoms with Gasteiger partial charge in [-0.15, -0.1) is 0 Å². The molecule has 0 atom stereocenters. The number of nitrogens with zero attached hydrogens (tertiary/aromatic N) is 3. The van der Waals surface area contributed by atoms with Crippen LogP contribution in [0.1, 0.15) is 19.3 Å². The van der Waals surface area contributed by atoms with Crippen molar-refractivity contribution in [1.29, 1.82) is 0 Å². The van der Waals surface area contributed by atoms with Crippen molar-refractivity contribution in [1.82, 2.24) is 9.97 Å². The molecule has 106 valence electrons. The van der Waals surface area contributed by atoms with E-state index in [4.69, 9.17) is 16.7 Å². The minimum Gasteiger partial charge on any atom is -0.396 e. The SMILES string of the molecule is OCCC1CCN(c2nc(Cl)cc3ncccc23)CC1. The second-order valence-electron chi connectivity index (χ2n) is 5.28. The Morgan fingerprint density at radius 2 is 2.15 bits per heavy atom. The van der Waals surface area contributed by atoms with Crippen LogP contribution in [0.3, 0.4) is 0 Å². The molecule has 1 aliphatic heterocycles. The van der Waals surface area contributed by atoms with Crippen LogP contribution in [0.15, 0.2) is 24.4 Å². The number of hydrogen-bond donors (Lipinski definition) is 1. The summed E-state index contributed by atoms with van der Waals surface area (Å²) in [4.78, 5) is 11.1.